The summed E-state index contributed by atoms with van der Waals surface area (Å²) in [6, 6.07) is 5.61. The quantitative estimate of drug-likeness (QED) is 0.217. The minimum absolute atomic E-state index is 0.491. The monoisotopic (exact) mass is 475 g/mol. The summed E-state index contributed by atoms with van der Waals surface area (Å²) < 4.78 is 15.2. The molecule has 1 atom stereocenters. The summed E-state index contributed by atoms with van der Waals surface area (Å²) >= 11 is 0. The third-order valence-electron chi connectivity index (χ3n) is 7.48. The number of hydrogen-bond acceptors (Lipinski definition) is 5. The van der Waals surface area contributed by atoms with Crippen LogP contribution in [0.2, 0.25) is 30.7 Å². The number of hydrogen-bond donors (Lipinski definition) is 0. The van der Waals surface area contributed by atoms with E-state index in [1.807, 2.05) is 0 Å². The lowest BCUT2D eigenvalue weighted by Crippen LogP contribution is -2.57. The van der Waals surface area contributed by atoms with Crippen LogP contribution in [0.3, 0.4) is 0 Å². The van der Waals surface area contributed by atoms with Crippen molar-refractivity contribution in [3.63, 3.8) is 0 Å². The van der Waals surface area contributed by atoms with Gasteiger partial charge in [0.2, 0.25) is 0 Å². The second-order valence-electron chi connectivity index (χ2n) is 8.98. The average molecular weight is 476 g/mol. The lowest BCUT2D eigenvalue weighted by Gasteiger charge is -2.43. The Labute approximate surface area is 198 Å². The average Bonchev–Trinajstić information content (AvgIpc) is 2.75. The van der Waals surface area contributed by atoms with Crippen molar-refractivity contribution < 1.29 is 8.85 Å². The van der Waals surface area contributed by atoms with Gasteiger partial charge in [-0.1, -0.05) is 41.5 Å². The van der Waals surface area contributed by atoms with Gasteiger partial charge in [0.25, 0.3) is 0 Å². The van der Waals surface area contributed by atoms with E-state index in [0.29, 0.717) is 6.04 Å². The van der Waals surface area contributed by atoms with Crippen molar-refractivity contribution in [1.29, 1.82) is 0 Å². The minimum Gasteiger partial charge on any atom is -0.395 e. The van der Waals surface area contributed by atoms with Crippen molar-refractivity contribution in [2.45, 2.75) is 99.1 Å². The fraction of sp³-hybridized carbons (Fsp3) is 1.00. The molecule has 0 radical (unpaired) electrons. The van der Waals surface area contributed by atoms with E-state index in [1.54, 1.807) is 0 Å². The molecular formula is C24H57N3O2Si2. The molecule has 0 aliphatic rings. The zero-order chi connectivity index (χ0) is 23.9. The third kappa shape index (κ3) is 10.4. The summed E-state index contributed by atoms with van der Waals surface area (Å²) in [7, 11) is -3.48. The summed E-state index contributed by atoms with van der Waals surface area (Å²) in [5.41, 5.74) is 0. The minimum atomic E-state index is -2.10. The maximum atomic E-state index is 6.14. The molecular weight excluding hydrogens is 418 g/mol. The molecule has 0 saturated carbocycles. The van der Waals surface area contributed by atoms with E-state index in [0.717, 1.165) is 45.4 Å². The maximum Gasteiger partial charge on any atom is 0.336 e. The van der Waals surface area contributed by atoms with Gasteiger partial charge in [-0.25, -0.2) is 0 Å². The van der Waals surface area contributed by atoms with Gasteiger partial charge >= 0.3 is 8.56 Å². The second kappa shape index (κ2) is 16.8. The Morgan fingerprint density at radius 2 is 1.16 bits per heavy atom. The number of likely N-dealkylation sites (N-methyl/N-ethyl adjacent to an activating group) is 2. The van der Waals surface area contributed by atoms with Crippen molar-refractivity contribution in [1.82, 2.24) is 14.4 Å². The van der Waals surface area contributed by atoms with Crippen LogP contribution in [-0.4, -0.2) is 96.2 Å². The van der Waals surface area contributed by atoms with Crippen LogP contribution in [-0.2, 0) is 8.85 Å². The molecule has 0 amide bonds. The van der Waals surface area contributed by atoms with E-state index in [2.05, 4.69) is 83.2 Å². The fourth-order valence-corrected chi connectivity index (χ4v) is 12.0. The number of nitrogens with zero attached hydrogens (tertiary/aromatic N) is 3. The Balaban J connectivity index is 5.30. The second-order valence-corrected chi connectivity index (χ2v) is 17.4. The molecule has 0 aliphatic carbocycles. The Kier molecular flexibility index (Phi) is 16.9. The van der Waals surface area contributed by atoms with Crippen LogP contribution in [0.1, 0.15) is 62.3 Å². The molecule has 0 aromatic rings. The molecule has 5 nitrogen and oxygen atoms in total. The van der Waals surface area contributed by atoms with Gasteiger partial charge in [-0.2, -0.15) is 0 Å². The predicted octanol–water partition coefficient (Wildman–Crippen LogP) is 5.49. The first-order chi connectivity index (χ1) is 14.7. The summed E-state index contributed by atoms with van der Waals surface area (Å²) in [5.74, 6) is 0. The van der Waals surface area contributed by atoms with Crippen LogP contribution in [0, 0.1) is 0 Å². The predicted molar refractivity (Wildman–Crippen MR) is 143 cm³/mol. The van der Waals surface area contributed by atoms with Crippen LogP contribution in [0.4, 0.5) is 0 Å². The van der Waals surface area contributed by atoms with Crippen LogP contribution >= 0.6 is 0 Å². The van der Waals surface area contributed by atoms with Gasteiger partial charge in [-0.3, -0.25) is 4.90 Å². The van der Waals surface area contributed by atoms with Crippen molar-refractivity contribution in [2.75, 3.05) is 59.0 Å². The van der Waals surface area contributed by atoms with E-state index in [-0.39, 0.29) is 0 Å². The van der Waals surface area contributed by atoms with Crippen LogP contribution in [0.15, 0.2) is 0 Å². The maximum absolute atomic E-state index is 6.14. The van der Waals surface area contributed by atoms with Gasteiger partial charge in [0.15, 0.2) is 0 Å². The fourth-order valence-electron chi connectivity index (χ4n) is 5.18. The van der Waals surface area contributed by atoms with Gasteiger partial charge in [0, 0.05) is 51.5 Å². The van der Waals surface area contributed by atoms with Crippen molar-refractivity contribution >= 4 is 16.8 Å². The molecule has 31 heavy (non-hydrogen) atoms. The van der Waals surface area contributed by atoms with Gasteiger partial charge in [-0.15, -0.1) is 0 Å². The SMILES string of the molecule is CCO[Si](C)(CC(C)N(CC)CCN(CCN(CC)CC)[Si](CC)(CC)CC)OCC. The van der Waals surface area contributed by atoms with E-state index in [9.17, 15) is 0 Å². The molecule has 0 rings (SSSR count). The van der Waals surface area contributed by atoms with E-state index in [1.165, 1.54) is 37.8 Å². The molecule has 0 heterocycles. The summed E-state index contributed by atoms with van der Waals surface area (Å²) in [6.07, 6.45) is 0. The summed E-state index contributed by atoms with van der Waals surface area (Å²) in [6.45, 7) is 32.6. The van der Waals surface area contributed by atoms with Crippen LogP contribution < -0.4 is 0 Å². The van der Waals surface area contributed by atoms with E-state index < -0.39 is 16.8 Å². The highest BCUT2D eigenvalue weighted by molar-refractivity contribution is 6.77. The molecule has 0 saturated heterocycles. The molecule has 0 bridgehead atoms. The zero-order valence-electron chi connectivity index (χ0n) is 22.9. The highest BCUT2D eigenvalue weighted by Crippen LogP contribution is 2.25. The highest BCUT2D eigenvalue weighted by atomic mass is 28.4. The Hall–Kier alpha value is 0.234. The van der Waals surface area contributed by atoms with Gasteiger partial charge in [0.05, 0.1) is 0 Å². The Morgan fingerprint density at radius 1 is 0.677 bits per heavy atom. The highest BCUT2D eigenvalue weighted by Gasteiger charge is 2.36. The number of rotatable bonds is 20. The molecule has 0 spiro atoms. The first-order valence-corrected chi connectivity index (χ1v) is 18.3. The molecule has 0 fully saturated rings. The van der Waals surface area contributed by atoms with Gasteiger partial charge in [-0.05, 0) is 65.1 Å². The molecule has 0 aromatic carbocycles. The topological polar surface area (TPSA) is 28.2 Å². The Bertz CT molecular complexity index is 421. The standard InChI is InChI=1S/C24H57N3O2Si2/c1-11-25(12-2)19-21-27(31(16-6,17-7)18-8)22-20-26(13-3)24(9)23-30(10,28-14-4)29-15-5/h24H,11-23H2,1-10H3. The molecule has 188 valence electrons. The lowest BCUT2D eigenvalue weighted by molar-refractivity contribution is 0.161. The third-order valence-corrected chi connectivity index (χ3v) is 16.3. The van der Waals surface area contributed by atoms with Gasteiger partial charge in [0.1, 0.15) is 8.24 Å². The van der Waals surface area contributed by atoms with Crippen LogP contribution in [0.25, 0.3) is 0 Å². The molecule has 7 heteroatoms. The van der Waals surface area contributed by atoms with Crippen LogP contribution in [0.5, 0.6) is 0 Å². The first kappa shape index (κ1) is 31.2. The lowest BCUT2D eigenvalue weighted by atomic mass is 10.3. The normalized spacial score (nSPS) is 14.2. The zero-order valence-corrected chi connectivity index (χ0v) is 24.9. The molecule has 1 unspecified atom stereocenters. The van der Waals surface area contributed by atoms with Crippen molar-refractivity contribution in [2.24, 2.45) is 0 Å². The molecule has 0 aromatic heterocycles. The summed E-state index contributed by atoms with van der Waals surface area (Å²) in [4.78, 5) is 5.24. The Morgan fingerprint density at radius 3 is 1.55 bits per heavy atom. The summed E-state index contributed by atoms with van der Waals surface area (Å²) in [5, 5.41) is 0. The molecule has 0 N–H and O–H groups in total. The van der Waals surface area contributed by atoms with Crippen molar-refractivity contribution in [3.05, 3.63) is 0 Å². The van der Waals surface area contributed by atoms with E-state index >= 15 is 0 Å². The van der Waals surface area contributed by atoms with E-state index in [4.69, 9.17) is 8.85 Å². The largest absolute Gasteiger partial charge is 0.395 e. The first-order valence-electron chi connectivity index (χ1n) is 13.2. The van der Waals surface area contributed by atoms with Gasteiger partial charge < -0.3 is 18.3 Å². The van der Waals surface area contributed by atoms with Crippen molar-refractivity contribution in [3.8, 4) is 0 Å². The molecule has 0 aliphatic heterocycles. The smallest absolute Gasteiger partial charge is 0.336 e.